The van der Waals surface area contributed by atoms with Crippen LogP contribution in [-0.2, 0) is 12.4 Å². The Morgan fingerprint density at radius 1 is 0.500 bits per heavy atom. The molecular formula is C26H18F6N2O2. The first kappa shape index (κ1) is 24.8. The van der Waals surface area contributed by atoms with Crippen molar-refractivity contribution in [1.29, 1.82) is 0 Å². The quantitative estimate of drug-likeness (QED) is 0.213. The van der Waals surface area contributed by atoms with Crippen LogP contribution in [-0.4, -0.2) is 0 Å². The molecule has 0 saturated carbocycles. The van der Waals surface area contributed by atoms with Gasteiger partial charge in [-0.2, -0.15) is 26.3 Å². The van der Waals surface area contributed by atoms with Crippen molar-refractivity contribution < 1.29 is 35.8 Å². The summed E-state index contributed by atoms with van der Waals surface area (Å²) < 4.78 is 91.8. The van der Waals surface area contributed by atoms with Crippen molar-refractivity contribution in [3.63, 3.8) is 0 Å². The minimum Gasteiger partial charge on any atom is -0.451 e. The zero-order valence-electron chi connectivity index (χ0n) is 18.3. The molecule has 186 valence electrons. The summed E-state index contributed by atoms with van der Waals surface area (Å²) in [6.45, 7) is 0. The Hall–Kier alpha value is -4.34. The smallest absolute Gasteiger partial charge is 0.418 e. The summed E-state index contributed by atoms with van der Waals surface area (Å²) in [5, 5.41) is 0. The van der Waals surface area contributed by atoms with E-state index in [0.717, 1.165) is 24.3 Å². The molecule has 10 heteroatoms. The number of hydrogen-bond acceptors (Lipinski definition) is 4. The SMILES string of the molecule is Nc1c(Oc2cccc(-c3ccccc3)c2Oc2cccc(C(F)(F)F)c2N)cccc1C(F)(F)F. The molecule has 4 rings (SSSR count). The number of para-hydroxylation sites is 3. The molecule has 0 aliphatic heterocycles. The number of alkyl halides is 6. The monoisotopic (exact) mass is 504 g/mol. The van der Waals surface area contributed by atoms with E-state index < -0.39 is 34.9 Å². The van der Waals surface area contributed by atoms with Gasteiger partial charge in [-0.25, -0.2) is 0 Å². The Kier molecular flexibility index (Phi) is 6.45. The van der Waals surface area contributed by atoms with Crippen LogP contribution in [0, 0.1) is 0 Å². The summed E-state index contributed by atoms with van der Waals surface area (Å²) in [6, 6.07) is 19.6. The van der Waals surface area contributed by atoms with Gasteiger partial charge in [0.2, 0.25) is 0 Å². The van der Waals surface area contributed by atoms with E-state index >= 15 is 0 Å². The summed E-state index contributed by atoms with van der Waals surface area (Å²) in [7, 11) is 0. The standard InChI is InChI=1S/C26H18F6N2O2/c27-25(28,29)17-10-5-12-19(22(17)33)35-21-14-4-9-16(15-7-2-1-3-8-15)24(21)36-20-13-6-11-18(23(20)34)26(30,31)32/h1-14H,33-34H2. The fourth-order valence-electron chi connectivity index (χ4n) is 3.54. The second-order valence-corrected chi connectivity index (χ2v) is 7.63. The van der Waals surface area contributed by atoms with E-state index in [1.807, 2.05) is 0 Å². The van der Waals surface area contributed by atoms with Crippen LogP contribution in [0.25, 0.3) is 11.1 Å². The van der Waals surface area contributed by atoms with Crippen LogP contribution in [0.1, 0.15) is 11.1 Å². The zero-order chi connectivity index (χ0) is 26.1. The molecule has 0 unspecified atom stereocenters. The predicted molar refractivity (Wildman–Crippen MR) is 124 cm³/mol. The average Bonchev–Trinajstić information content (AvgIpc) is 2.81. The van der Waals surface area contributed by atoms with Gasteiger partial charge in [-0.05, 0) is 35.9 Å². The van der Waals surface area contributed by atoms with Gasteiger partial charge in [-0.3, -0.25) is 0 Å². The maximum absolute atomic E-state index is 13.4. The summed E-state index contributed by atoms with van der Waals surface area (Å²) >= 11 is 0. The number of halogens is 6. The van der Waals surface area contributed by atoms with E-state index in [0.29, 0.717) is 11.1 Å². The van der Waals surface area contributed by atoms with Gasteiger partial charge in [0, 0.05) is 5.56 Å². The highest BCUT2D eigenvalue weighted by atomic mass is 19.4. The van der Waals surface area contributed by atoms with E-state index in [1.165, 1.54) is 18.2 Å². The van der Waals surface area contributed by atoms with E-state index in [2.05, 4.69) is 0 Å². The Morgan fingerprint density at radius 3 is 1.50 bits per heavy atom. The van der Waals surface area contributed by atoms with Crippen LogP contribution in [0.4, 0.5) is 37.7 Å². The molecule has 0 aliphatic carbocycles. The third-order valence-corrected chi connectivity index (χ3v) is 5.24. The molecular weight excluding hydrogens is 486 g/mol. The number of hydrogen-bond donors (Lipinski definition) is 2. The van der Waals surface area contributed by atoms with Crippen LogP contribution in [0.3, 0.4) is 0 Å². The third-order valence-electron chi connectivity index (χ3n) is 5.24. The normalized spacial score (nSPS) is 11.8. The topological polar surface area (TPSA) is 70.5 Å². The molecule has 0 radical (unpaired) electrons. The number of nitrogen functional groups attached to an aromatic ring is 2. The number of anilines is 2. The Labute approximate surface area is 201 Å². The van der Waals surface area contributed by atoms with Crippen LogP contribution < -0.4 is 20.9 Å². The Balaban J connectivity index is 1.86. The van der Waals surface area contributed by atoms with Crippen LogP contribution >= 0.6 is 0 Å². The molecule has 4 aromatic rings. The second kappa shape index (κ2) is 9.37. The lowest BCUT2D eigenvalue weighted by Crippen LogP contribution is -2.10. The summed E-state index contributed by atoms with van der Waals surface area (Å²) in [5.74, 6) is -0.766. The number of rotatable bonds is 5. The summed E-state index contributed by atoms with van der Waals surface area (Å²) in [5.41, 5.74) is 9.01. The van der Waals surface area contributed by atoms with Crippen molar-refractivity contribution in [2.45, 2.75) is 12.4 Å². The van der Waals surface area contributed by atoms with Gasteiger partial charge in [0.15, 0.2) is 23.0 Å². The largest absolute Gasteiger partial charge is 0.451 e. The summed E-state index contributed by atoms with van der Waals surface area (Å²) in [6.07, 6.45) is -9.45. The highest BCUT2D eigenvalue weighted by Crippen LogP contribution is 2.47. The first-order valence-electron chi connectivity index (χ1n) is 10.4. The van der Waals surface area contributed by atoms with Crippen molar-refractivity contribution in [2.24, 2.45) is 0 Å². The molecule has 0 bridgehead atoms. The molecule has 0 heterocycles. The minimum atomic E-state index is -4.73. The minimum absolute atomic E-state index is 0.0634. The molecule has 0 fully saturated rings. The first-order valence-corrected chi connectivity index (χ1v) is 10.4. The van der Waals surface area contributed by atoms with Crippen LogP contribution in [0.2, 0.25) is 0 Å². The van der Waals surface area contributed by atoms with Gasteiger partial charge < -0.3 is 20.9 Å². The maximum atomic E-state index is 13.4. The van der Waals surface area contributed by atoms with Crippen molar-refractivity contribution in [3.05, 3.63) is 96.1 Å². The van der Waals surface area contributed by atoms with Gasteiger partial charge in [-0.1, -0.05) is 54.6 Å². The third kappa shape index (κ3) is 5.02. The van der Waals surface area contributed by atoms with Crippen molar-refractivity contribution in [1.82, 2.24) is 0 Å². The van der Waals surface area contributed by atoms with E-state index in [4.69, 9.17) is 20.9 Å². The van der Waals surface area contributed by atoms with Gasteiger partial charge in [-0.15, -0.1) is 0 Å². The predicted octanol–water partition coefficient (Wildman–Crippen LogP) is 8.14. The molecule has 0 spiro atoms. The molecule has 0 saturated heterocycles. The fraction of sp³-hybridized carbons (Fsp3) is 0.0769. The van der Waals surface area contributed by atoms with Crippen LogP contribution in [0.5, 0.6) is 23.0 Å². The summed E-state index contributed by atoms with van der Waals surface area (Å²) in [4.78, 5) is 0. The fourth-order valence-corrected chi connectivity index (χ4v) is 3.54. The number of benzene rings is 4. The molecule has 36 heavy (non-hydrogen) atoms. The van der Waals surface area contributed by atoms with Gasteiger partial charge in [0.25, 0.3) is 0 Å². The molecule has 0 amide bonds. The Morgan fingerprint density at radius 2 is 0.972 bits per heavy atom. The van der Waals surface area contributed by atoms with Crippen molar-refractivity contribution >= 4 is 11.4 Å². The Bertz CT molecular complexity index is 1390. The zero-order valence-corrected chi connectivity index (χ0v) is 18.3. The maximum Gasteiger partial charge on any atom is 0.418 e. The van der Waals surface area contributed by atoms with Crippen LogP contribution in [0.15, 0.2) is 84.9 Å². The number of ether oxygens (including phenoxy) is 2. The van der Waals surface area contributed by atoms with E-state index in [9.17, 15) is 26.3 Å². The molecule has 4 aromatic carbocycles. The van der Waals surface area contributed by atoms with Crippen molar-refractivity contribution in [2.75, 3.05) is 11.5 Å². The van der Waals surface area contributed by atoms with Gasteiger partial charge in [0.05, 0.1) is 22.5 Å². The molecule has 0 atom stereocenters. The highest BCUT2D eigenvalue weighted by molar-refractivity contribution is 5.76. The molecule has 0 aliphatic rings. The average molecular weight is 504 g/mol. The van der Waals surface area contributed by atoms with Gasteiger partial charge >= 0.3 is 12.4 Å². The van der Waals surface area contributed by atoms with Crippen molar-refractivity contribution in [3.8, 4) is 34.1 Å². The lowest BCUT2D eigenvalue weighted by atomic mass is 10.0. The lowest BCUT2D eigenvalue weighted by molar-refractivity contribution is -0.137. The first-order chi connectivity index (χ1) is 17.0. The molecule has 0 aromatic heterocycles. The highest BCUT2D eigenvalue weighted by Gasteiger charge is 2.35. The molecule has 4 N–H and O–H groups in total. The van der Waals surface area contributed by atoms with Gasteiger partial charge in [0.1, 0.15) is 0 Å². The lowest BCUT2D eigenvalue weighted by Gasteiger charge is -2.20. The van der Waals surface area contributed by atoms with E-state index in [1.54, 1.807) is 42.5 Å². The van der Waals surface area contributed by atoms with E-state index in [-0.39, 0.29) is 23.0 Å². The second-order valence-electron chi connectivity index (χ2n) is 7.63. The number of nitrogens with two attached hydrogens (primary N) is 2. The molecule has 4 nitrogen and oxygen atoms in total.